The van der Waals surface area contributed by atoms with Gasteiger partial charge in [0.1, 0.15) is 0 Å². The van der Waals surface area contributed by atoms with Crippen LogP contribution in [0.5, 0.6) is 0 Å². The molecule has 0 radical (unpaired) electrons. The summed E-state index contributed by atoms with van der Waals surface area (Å²) in [6.45, 7) is 7.30. The normalized spacial score (nSPS) is 25.4. The van der Waals surface area contributed by atoms with E-state index in [9.17, 15) is 4.79 Å². The molecular formula is C12H24N2O2. The number of ether oxygens (including phenoxy) is 1. The average Bonchev–Trinajstić information content (AvgIpc) is 2.75. The van der Waals surface area contributed by atoms with Crippen molar-refractivity contribution < 1.29 is 9.53 Å². The molecule has 0 bridgehead atoms. The van der Waals surface area contributed by atoms with Crippen molar-refractivity contribution in [3.8, 4) is 0 Å². The Kier molecular flexibility index (Phi) is 5.22. The molecule has 0 aromatic rings. The van der Waals surface area contributed by atoms with Gasteiger partial charge in [-0.1, -0.05) is 6.92 Å². The van der Waals surface area contributed by atoms with E-state index in [1.165, 1.54) is 13.5 Å². The molecule has 4 heteroatoms. The molecule has 1 rings (SSSR count). The molecule has 0 amide bonds. The molecule has 4 nitrogen and oxygen atoms in total. The number of carbonyl (C=O) groups is 1. The number of hydrogen-bond acceptors (Lipinski definition) is 4. The number of esters is 1. The Hall–Kier alpha value is -0.610. The predicted octanol–water partition coefficient (Wildman–Crippen LogP) is 0.725. The number of nitrogens with one attached hydrogen (secondary N) is 1. The van der Waals surface area contributed by atoms with Gasteiger partial charge in [0.05, 0.1) is 13.0 Å². The summed E-state index contributed by atoms with van der Waals surface area (Å²) < 4.78 is 4.79. The quantitative estimate of drug-likeness (QED) is 0.704. The Bertz CT molecular complexity index is 233. The van der Waals surface area contributed by atoms with Crippen LogP contribution in [-0.2, 0) is 9.53 Å². The zero-order valence-electron chi connectivity index (χ0n) is 10.8. The van der Waals surface area contributed by atoms with Crippen molar-refractivity contribution in [1.82, 2.24) is 10.2 Å². The lowest BCUT2D eigenvalue weighted by Gasteiger charge is -2.28. The van der Waals surface area contributed by atoms with Gasteiger partial charge in [0, 0.05) is 12.6 Å². The van der Waals surface area contributed by atoms with E-state index in [-0.39, 0.29) is 17.9 Å². The molecule has 0 saturated carbocycles. The topological polar surface area (TPSA) is 41.6 Å². The van der Waals surface area contributed by atoms with E-state index in [0.29, 0.717) is 0 Å². The second-order valence-corrected chi connectivity index (χ2v) is 4.76. The first kappa shape index (κ1) is 13.5. The average molecular weight is 228 g/mol. The fourth-order valence-corrected chi connectivity index (χ4v) is 2.39. The molecule has 0 aliphatic carbocycles. The van der Waals surface area contributed by atoms with Gasteiger partial charge in [-0.05, 0) is 39.4 Å². The molecule has 3 atom stereocenters. The van der Waals surface area contributed by atoms with E-state index in [1.54, 1.807) is 0 Å². The third-order valence-corrected chi connectivity index (χ3v) is 3.68. The maximum absolute atomic E-state index is 11.5. The summed E-state index contributed by atoms with van der Waals surface area (Å²) in [6.07, 6.45) is 1.22. The highest BCUT2D eigenvalue weighted by atomic mass is 16.5. The SMILES string of the molecule is CNCC1CCN(C(C)C(C)C(=O)OC)C1. The van der Waals surface area contributed by atoms with Crippen molar-refractivity contribution in [2.75, 3.05) is 33.8 Å². The summed E-state index contributed by atoms with van der Waals surface area (Å²) in [5.74, 6) is 0.570. The van der Waals surface area contributed by atoms with Gasteiger partial charge in [-0.2, -0.15) is 0 Å². The zero-order valence-corrected chi connectivity index (χ0v) is 10.8. The van der Waals surface area contributed by atoms with Crippen LogP contribution >= 0.6 is 0 Å². The van der Waals surface area contributed by atoms with Gasteiger partial charge >= 0.3 is 5.97 Å². The molecule has 1 aliphatic rings. The van der Waals surface area contributed by atoms with Gasteiger partial charge < -0.3 is 10.1 Å². The van der Waals surface area contributed by atoms with Crippen LogP contribution in [0, 0.1) is 11.8 Å². The van der Waals surface area contributed by atoms with Crippen molar-refractivity contribution in [2.45, 2.75) is 26.3 Å². The lowest BCUT2D eigenvalue weighted by molar-refractivity contribution is -0.146. The lowest BCUT2D eigenvalue weighted by Crippen LogP contribution is -2.40. The van der Waals surface area contributed by atoms with Crippen molar-refractivity contribution in [3.63, 3.8) is 0 Å². The molecule has 3 unspecified atom stereocenters. The lowest BCUT2D eigenvalue weighted by atomic mass is 10.0. The van der Waals surface area contributed by atoms with Crippen LogP contribution in [0.2, 0.25) is 0 Å². The molecule has 1 aliphatic heterocycles. The van der Waals surface area contributed by atoms with Gasteiger partial charge in [-0.25, -0.2) is 0 Å². The molecule has 1 fully saturated rings. The Morgan fingerprint density at radius 2 is 2.25 bits per heavy atom. The van der Waals surface area contributed by atoms with Crippen LogP contribution in [0.25, 0.3) is 0 Å². The van der Waals surface area contributed by atoms with Crippen LogP contribution in [0.1, 0.15) is 20.3 Å². The smallest absolute Gasteiger partial charge is 0.309 e. The maximum Gasteiger partial charge on any atom is 0.309 e. The summed E-state index contributed by atoms with van der Waals surface area (Å²) in [6, 6.07) is 0.273. The highest BCUT2D eigenvalue weighted by molar-refractivity contribution is 5.72. The molecular weight excluding hydrogens is 204 g/mol. The van der Waals surface area contributed by atoms with Gasteiger partial charge in [-0.15, -0.1) is 0 Å². The minimum Gasteiger partial charge on any atom is -0.469 e. The molecule has 94 valence electrons. The van der Waals surface area contributed by atoms with E-state index in [1.807, 2.05) is 14.0 Å². The van der Waals surface area contributed by atoms with Crippen LogP contribution in [-0.4, -0.2) is 50.7 Å². The second-order valence-electron chi connectivity index (χ2n) is 4.76. The summed E-state index contributed by atoms with van der Waals surface area (Å²) >= 11 is 0. The van der Waals surface area contributed by atoms with Crippen LogP contribution in [0.4, 0.5) is 0 Å². The fraction of sp³-hybridized carbons (Fsp3) is 0.917. The first-order chi connectivity index (χ1) is 7.60. The zero-order chi connectivity index (χ0) is 12.1. The first-order valence-electron chi connectivity index (χ1n) is 6.06. The van der Waals surface area contributed by atoms with Crippen LogP contribution < -0.4 is 5.32 Å². The molecule has 16 heavy (non-hydrogen) atoms. The Labute approximate surface area is 98.3 Å². The van der Waals surface area contributed by atoms with E-state index in [4.69, 9.17) is 4.74 Å². The maximum atomic E-state index is 11.5. The van der Waals surface area contributed by atoms with Gasteiger partial charge in [-0.3, -0.25) is 9.69 Å². The monoisotopic (exact) mass is 228 g/mol. The van der Waals surface area contributed by atoms with Crippen LogP contribution in [0.15, 0.2) is 0 Å². The van der Waals surface area contributed by atoms with E-state index in [2.05, 4.69) is 17.1 Å². The highest BCUT2D eigenvalue weighted by Gasteiger charge is 2.31. The number of nitrogens with zero attached hydrogens (tertiary/aromatic N) is 1. The van der Waals surface area contributed by atoms with Crippen molar-refractivity contribution >= 4 is 5.97 Å². The minimum atomic E-state index is -0.107. The number of carbonyl (C=O) groups excluding carboxylic acids is 1. The summed E-state index contributed by atoms with van der Waals surface area (Å²) in [4.78, 5) is 13.8. The molecule has 0 spiro atoms. The Balaban J connectivity index is 2.43. The van der Waals surface area contributed by atoms with E-state index < -0.39 is 0 Å². The molecule has 0 aromatic carbocycles. The summed E-state index contributed by atoms with van der Waals surface area (Å²) in [5.41, 5.74) is 0. The summed E-state index contributed by atoms with van der Waals surface area (Å²) in [7, 11) is 3.45. The van der Waals surface area contributed by atoms with Gasteiger partial charge in [0.2, 0.25) is 0 Å². The Morgan fingerprint density at radius 3 is 2.81 bits per heavy atom. The van der Waals surface area contributed by atoms with Crippen molar-refractivity contribution in [3.05, 3.63) is 0 Å². The number of hydrogen-bond donors (Lipinski definition) is 1. The molecule has 1 N–H and O–H groups in total. The van der Waals surface area contributed by atoms with Gasteiger partial charge in [0.25, 0.3) is 0 Å². The van der Waals surface area contributed by atoms with E-state index >= 15 is 0 Å². The van der Waals surface area contributed by atoms with Crippen LogP contribution in [0.3, 0.4) is 0 Å². The highest BCUT2D eigenvalue weighted by Crippen LogP contribution is 2.22. The van der Waals surface area contributed by atoms with E-state index in [0.717, 1.165) is 25.6 Å². The number of methoxy groups -OCH3 is 1. The minimum absolute atomic E-state index is 0.0432. The molecule has 1 heterocycles. The largest absolute Gasteiger partial charge is 0.469 e. The standard InChI is InChI=1S/C12H24N2O2/c1-9(12(15)16-4)10(2)14-6-5-11(8-14)7-13-3/h9-11,13H,5-8H2,1-4H3. The molecule has 0 aromatic heterocycles. The fourth-order valence-electron chi connectivity index (χ4n) is 2.39. The van der Waals surface area contributed by atoms with Gasteiger partial charge in [0.15, 0.2) is 0 Å². The van der Waals surface area contributed by atoms with Crippen molar-refractivity contribution in [2.24, 2.45) is 11.8 Å². The second kappa shape index (κ2) is 6.21. The summed E-state index contributed by atoms with van der Waals surface area (Å²) in [5, 5.41) is 3.21. The first-order valence-corrected chi connectivity index (χ1v) is 6.06. The Morgan fingerprint density at radius 1 is 1.56 bits per heavy atom. The van der Waals surface area contributed by atoms with Crippen molar-refractivity contribution in [1.29, 1.82) is 0 Å². The third kappa shape index (κ3) is 3.19. The third-order valence-electron chi connectivity index (χ3n) is 3.68. The number of rotatable bonds is 5. The predicted molar refractivity (Wildman–Crippen MR) is 64.2 cm³/mol. The number of likely N-dealkylation sites (tertiary alicyclic amines) is 1. The molecule has 1 saturated heterocycles.